The minimum Gasteiger partial charge on any atom is -0.494 e. The molecule has 6 nitrogen and oxygen atoms in total. The lowest BCUT2D eigenvalue weighted by atomic mass is 10.1. The lowest BCUT2D eigenvalue weighted by Gasteiger charge is -2.39. The number of nitrogens with zero attached hydrogens (tertiary/aromatic N) is 3. The van der Waals surface area contributed by atoms with Gasteiger partial charge in [0.1, 0.15) is 18.0 Å². The number of hydrazine groups is 1. The number of carbonyl (C=O) groups excluding carboxylic acids is 1. The molecule has 0 aromatic heterocycles. The highest BCUT2D eigenvalue weighted by Gasteiger charge is 2.36. The van der Waals surface area contributed by atoms with Gasteiger partial charge < -0.3 is 9.47 Å². The van der Waals surface area contributed by atoms with Gasteiger partial charge in [-0.1, -0.05) is 84.9 Å². The number of methoxy groups -OCH3 is 1. The Morgan fingerprint density at radius 1 is 0.765 bits per heavy atom. The second-order valence-corrected chi connectivity index (χ2v) is 7.63. The van der Waals surface area contributed by atoms with Crippen molar-refractivity contribution in [2.45, 2.75) is 6.61 Å². The molecule has 0 atom stereocenters. The highest BCUT2D eigenvalue weighted by Crippen LogP contribution is 2.43. The van der Waals surface area contributed by atoms with Crippen LogP contribution in [0.2, 0.25) is 0 Å². The summed E-state index contributed by atoms with van der Waals surface area (Å²) >= 11 is 0. The van der Waals surface area contributed by atoms with Gasteiger partial charge in [-0.2, -0.15) is 5.01 Å². The first kappa shape index (κ1) is 21.3. The first-order valence-corrected chi connectivity index (χ1v) is 10.9. The Balaban J connectivity index is 1.65. The Kier molecular flexibility index (Phi) is 5.95. The second-order valence-electron chi connectivity index (χ2n) is 7.63. The maximum absolute atomic E-state index is 13.7. The molecule has 0 spiro atoms. The Morgan fingerprint density at radius 2 is 1.38 bits per heavy atom. The topological polar surface area (TPSA) is 54.4 Å². The molecule has 6 heteroatoms. The third-order valence-electron chi connectivity index (χ3n) is 5.46. The molecule has 34 heavy (non-hydrogen) atoms. The Bertz CT molecular complexity index is 1320. The molecule has 4 aromatic rings. The summed E-state index contributed by atoms with van der Waals surface area (Å²) in [5.74, 6) is 1.08. The van der Waals surface area contributed by atoms with E-state index >= 15 is 0 Å². The largest absolute Gasteiger partial charge is 0.494 e. The number of rotatable bonds is 5. The van der Waals surface area contributed by atoms with E-state index in [2.05, 4.69) is 0 Å². The molecule has 4 aromatic carbocycles. The summed E-state index contributed by atoms with van der Waals surface area (Å²) in [5.41, 5.74) is 3.85. The fourth-order valence-electron chi connectivity index (χ4n) is 3.87. The number of hydrogen-bond donors (Lipinski definition) is 0. The summed E-state index contributed by atoms with van der Waals surface area (Å²) < 4.78 is 11.4. The van der Waals surface area contributed by atoms with E-state index in [4.69, 9.17) is 14.5 Å². The van der Waals surface area contributed by atoms with Crippen LogP contribution in [0.3, 0.4) is 0 Å². The summed E-state index contributed by atoms with van der Waals surface area (Å²) in [4.78, 5) is 18.6. The minimum absolute atomic E-state index is 0.139. The number of anilines is 2. The molecular formula is C28H23N3O3. The van der Waals surface area contributed by atoms with Gasteiger partial charge in [-0.15, -0.1) is 0 Å². The molecule has 5 rings (SSSR count). The average molecular weight is 450 g/mol. The molecule has 0 N–H and O–H groups in total. The normalized spacial score (nSPS) is 12.6. The van der Waals surface area contributed by atoms with Crippen molar-refractivity contribution < 1.29 is 14.3 Å². The van der Waals surface area contributed by atoms with Crippen molar-refractivity contribution in [3.8, 4) is 5.75 Å². The maximum atomic E-state index is 13.7. The van der Waals surface area contributed by atoms with Crippen molar-refractivity contribution in [3.05, 3.63) is 120 Å². The van der Waals surface area contributed by atoms with E-state index in [1.165, 1.54) is 5.01 Å². The van der Waals surface area contributed by atoms with Crippen LogP contribution in [0.25, 0.3) is 0 Å². The standard InChI is InChI=1S/C28H23N3O3/c1-33-26-19-11-10-18-25(26)30-24-17-9-8-16-23(24)29-27(22-14-6-3-7-15-22)31(30)28(32)34-20-21-12-4-2-5-13-21/h2-19H,20H2,1H3. The number of hydrogen-bond acceptors (Lipinski definition) is 5. The van der Waals surface area contributed by atoms with Crippen LogP contribution in [0.1, 0.15) is 11.1 Å². The zero-order chi connectivity index (χ0) is 23.3. The Morgan fingerprint density at radius 3 is 2.12 bits per heavy atom. The van der Waals surface area contributed by atoms with Gasteiger partial charge in [0.05, 0.1) is 18.5 Å². The number of amidine groups is 1. The van der Waals surface area contributed by atoms with Gasteiger partial charge in [-0.3, -0.25) is 0 Å². The predicted molar refractivity (Wildman–Crippen MR) is 133 cm³/mol. The quantitative estimate of drug-likeness (QED) is 0.350. The second kappa shape index (κ2) is 9.50. The van der Waals surface area contributed by atoms with Crippen molar-refractivity contribution in [1.29, 1.82) is 0 Å². The van der Waals surface area contributed by atoms with Gasteiger partial charge in [0, 0.05) is 5.56 Å². The van der Waals surface area contributed by atoms with Crippen LogP contribution in [0.5, 0.6) is 5.75 Å². The fourth-order valence-corrected chi connectivity index (χ4v) is 3.87. The molecule has 0 aliphatic carbocycles. The van der Waals surface area contributed by atoms with Crippen LogP contribution in [-0.4, -0.2) is 24.0 Å². The molecule has 1 aliphatic heterocycles. The van der Waals surface area contributed by atoms with Crippen LogP contribution in [0.4, 0.5) is 21.9 Å². The van der Waals surface area contributed by atoms with Crippen molar-refractivity contribution >= 4 is 29.0 Å². The number of benzene rings is 4. The third-order valence-corrected chi connectivity index (χ3v) is 5.46. The molecule has 0 saturated carbocycles. The molecule has 0 unspecified atom stereocenters. The lowest BCUT2D eigenvalue weighted by Crippen LogP contribution is -2.50. The first-order chi connectivity index (χ1) is 16.8. The number of ether oxygens (including phenoxy) is 2. The summed E-state index contributed by atoms with van der Waals surface area (Å²) in [6, 6.07) is 34.4. The van der Waals surface area contributed by atoms with Gasteiger partial charge >= 0.3 is 6.09 Å². The van der Waals surface area contributed by atoms with Crippen molar-refractivity contribution in [3.63, 3.8) is 0 Å². The van der Waals surface area contributed by atoms with E-state index in [9.17, 15) is 4.79 Å². The first-order valence-electron chi connectivity index (χ1n) is 10.9. The molecule has 1 amide bonds. The Hall–Kier alpha value is -4.58. The monoisotopic (exact) mass is 449 g/mol. The Labute approximate surface area is 198 Å². The summed E-state index contributed by atoms with van der Waals surface area (Å²) in [6.45, 7) is 0.139. The van der Waals surface area contributed by atoms with E-state index in [1.54, 1.807) is 12.1 Å². The summed E-state index contributed by atoms with van der Waals surface area (Å²) in [6.07, 6.45) is -0.549. The van der Waals surface area contributed by atoms with Crippen LogP contribution < -0.4 is 9.75 Å². The van der Waals surface area contributed by atoms with E-state index in [0.29, 0.717) is 17.3 Å². The third kappa shape index (κ3) is 4.09. The van der Waals surface area contributed by atoms with Gasteiger partial charge in [-0.25, -0.2) is 14.8 Å². The summed E-state index contributed by atoms with van der Waals surface area (Å²) in [5, 5.41) is 3.27. The number of para-hydroxylation sites is 4. The minimum atomic E-state index is -0.549. The molecule has 0 saturated heterocycles. The lowest BCUT2D eigenvalue weighted by molar-refractivity contribution is 0.116. The number of amides is 1. The smallest absolute Gasteiger partial charge is 0.435 e. The van der Waals surface area contributed by atoms with Crippen LogP contribution in [0.15, 0.2) is 114 Å². The van der Waals surface area contributed by atoms with E-state index in [-0.39, 0.29) is 6.61 Å². The summed E-state index contributed by atoms with van der Waals surface area (Å²) in [7, 11) is 1.61. The van der Waals surface area contributed by atoms with Crippen molar-refractivity contribution in [2.75, 3.05) is 12.1 Å². The molecule has 0 bridgehead atoms. The van der Waals surface area contributed by atoms with Gasteiger partial charge in [0.2, 0.25) is 0 Å². The SMILES string of the molecule is COc1ccccc1N1c2ccccc2N=C(c2ccccc2)N1C(=O)OCc1ccccc1. The maximum Gasteiger partial charge on any atom is 0.435 e. The number of carbonyl (C=O) groups is 1. The molecule has 1 heterocycles. The number of aliphatic imine (C=N–C) groups is 1. The van der Waals surface area contributed by atoms with Gasteiger partial charge in [0.25, 0.3) is 0 Å². The molecule has 0 radical (unpaired) electrons. The predicted octanol–water partition coefficient (Wildman–Crippen LogP) is 6.48. The molecule has 1 aliphatic rings. The average Bonchev–Trinajstić information content (AvgIpc) is 2.91. The van der Waals surface area contributed by atoms with Gasteiger partial charge in [0.15, 0.2) is 5.84 Å². The van der Waals surface area contributed by atoms with Crippen LogP contribution in [0, 0.1) is 0 Å². The highest BCUT2D eigenvalue weighted by molar-refractivity contribution is 6.12. The zero-order valence-electron chi connectivity index (χ0n) is 18.7. The molecule has 168 valence electrons. The van der Waals surface area contributed by atoms with Gasteiger partial charge in [-0.05, 0) is 29.8 Å². The fraction of sp³-hybridized carbons (Fsp3) is 0.0714. The molecule has 0 fully saturated rings. The zero-order valence-corrected chi connectivity index (χ0v) is 18.7. The highest BCUT2D eigenvalue weighted by atomic mass is 16.6. The van der Waals surface area contributed by atoms with Crippen LogP contribution in [-0.2, 0) is 11.3 Å². The van der Waals surface area contributed by atoms with E-state index < -0.39 is 6.09 Å². The van der Waals surface area contributed by atoms with Crippen molar-refractivity contribution in [2.24, 2.45) is 4.99 Å². The van der Waals surface area contributed by atoms with Crippen molar-refractivity contribution in [1.82, 2.24) is 5.01 Å². The molecular weight excluding hydrogens is 426 g/mol. The number of fused-ring (bicyclic) bond motifs is 1. The van der Waals surface area contributed by atoms with E-state index in [0.717, 1.165) is 22.5 Å². The van der Waals surface area contributed by atoms with E-state index in [1.807, 2.05) is 109 Å². The van der Waals surface area contributed by atoms with Crippen LogP contribution >= 0.6 is 0 Å².